The third kappa shape index (κ3) is 92.1. The summed E-state index contributed by atoms with van der Waals surface area (Å²) in [4.78, 5) is 8.25. The van der Waals surface area contributed by atoms with Crippen molar-refractivity contribution in [3.8, 4) is 0 Å². The van der Waals surface area contributed by atoms with Crippen LogP contribution in [0, 0.1) is 15.3 Å². The lowest BCUT2D eigenvalue weighted by Crippen LogP contribution is -1.74. The summed E-state index contributed by atoms with van der Waals surface area (Å²) in [5.41, 5.74) is 0. The molecule has 40 valence electrons. The van der Waals surface area contributed by atoms with Gasteiger partial charge in [0.1, 0.15) is 0 Å². The van der Waals surface area contributed by atoms with Gasteiger partial charge in [0.05, 0.1) is 5.09 Å². The van der Waals surface area contributed by atoms with Crippen molar-refractivity contribution in [2.45, 2.75) is 0 Å². The van der Waals surface area contributed by atoms with Crippen molar-refractivity contribution >= 4 is 13.5 Å². The standard InChI is InChI=1S/NO3.H3N.H2S/c2-1(3)4;;/h;1H3;1H2/q-1;;/p+1. The second-order valence-corrected chi connectivity index (χ2v) is 0.224. The van der Waals surface area contributed by atoms with E-state index in [2.05, 4.69) is 0 Å². The molecule has 0 saturated heterocycles. The van der Waals surface area contributed by atoms with E-state index in [1.807, 2.05) is 0 Å². The summed E-state index contributed by atoms with van der Waals surface area (Å²) in [6.45, 7) is 0. The summed E-state index contributed by atoms with van der Waals surface area (Å²) in [6, 6.07) is 0. The van der Waals surface area contributed by atoms with Crippen molar-refractivity contribution in [2.24, 2.45) is 0 Å². The number of hydrogen-bond acceptors (Lipinski definition) is 3. The third-order valence-corrected chi connectivity index (χ3v) is 0. The molecule has 0 heterocycles. The molecule has 0 fully saturated rings. The zero-order valence-electron chi connectivity index (χ0n) is 3.17. The molecule has 0 bridgehead atoms. The molecular formula is H6N2O3S. The van der Waals surface area contributed by atoms with Crippen molar-refractivity contribution < 1.29 is 5.09 Å². The minimum absolute atomic E-state index is 0. The van der Waals surface area contributed by atoms with Gasteiger partial charge in [0, 0.05) is 0 Å². The van der Waals surface area contributed by atoms with Crippen molar-refractivity contribution in [1.29, 1.82) is 0 Å². The Morgan fingerprint density at radius 3 is 1.33 bits per heavy atom. The lowest BCUT2D eigenvalue weighted by molar-refractivity contribution is -0.402. The zero-order valence-corrected chi connectivity index (χ0v) is 4.17. The van der Waals surface area contributed by atoms with Crippen LogP contribution >= 0.6 is 13.5 Å². The van der Waals surface area contributed by atoms with E-state index < -0.39 is 5.09 Å². The molecule has 0 saturated carbocycles. The fourth-order valence-electron chi connectivity index (χ4n) is 0. The predicted molar refractivity (Wildman–Crippen MR) is 26.7 cm³/mol. The van der Waals surface area contributed by atoms with Crippen LogP contribution in [0.3, 0.4) is 0 Å². The summed E-state index contributed by atoms with van der Waals surface area (Å²) in [6.07, 6.45) is 0. The lowest BCUT2D eigenvalue weighted by atomic mass is 13.1. The maximum atomic E-state index is 8.25. The van der Waals surface area contributed by atoms with Crippen molar-refractivity contribution in [3.05, 3.63) is 15.3 Å². The minimum Gasteiger partial charge on any atom is -0.369 e. The monoisotopic (exact) mass is 114 g/mol. The van der Waals surface area contributed by atoms with Crippen LogP contribution < -0.4 is 6.15 Å². The van der Waals surface area contributed by atoms with Crippen LogP contribution in [-0.4, -0.2) is 5.09 Å². The number of hydrogen-bond donors (Lipinski definition) is 1. The molecule has 0 spiro atoms. The summed E-state index contributed by atoms with van der Waals surface area (Å²) in [5.74, 6) is 0. The molecule has 6 heteroatoms. The van der Waals surface area contributed by atoms with Gasteiger partial charge in [-0.1, -0.05) is 0 Å². The molecule has 0 aromatic rings. The Balaban J connectivity index is -0.0000000450. The Labute approximate surface area is 41.1 Å². The highest BCUT2D eigenvalue weighted by Gasteiger charge is 1.45. The SMILES string of the molecule is O=[N+]([O-])[O-].S.[NH4+]. The average Bonchev–Trinajstić information content (AvgIpc) is 0.811. The van der Waals surface area contributed by atoms with Gasteiger partial charge >= 0.3 is 0 Å². The summed E-state index contributed by atoms with van der Waals surface area (Å²) in [7, 11) is 0. The topological polar surface area (TPSA) is 103 Å². The summed E-state index contributed by atoms with van der Waals surface area (Å²) >= 11 is 0. The van der Waals surface area contributed by atoms with E-state index in [9.17, 15) is 0 Å². The maximum absolute atomic E-state index is 8.25. The van der Waals surface area contributed by atoms with E-state index in [-0.39, 0.29) is 19.6 Å². The normalized spacial score (nSPS) is 4.00. The lowest BCUT2D eigenvalue weighted by Gasteiger charge is -1.74. The molecule has 0 amide bonds. The van der Waals surface area contributed by atoms with Crippen molar-refractivity contribution in [3.63, 3.8) is 0 Å². The van der Waals surface area contributed by atoms with Crippen molar-refractivity contribution in [1.82, 2.24) is 6.15 Å². The highest BCUT2D eigenvalue weighted by Crippen LogP contribution is 1.44. The zero-order chi connectivity index (χ0) is 3.58. The minimum atomic E-state index is -1.75. The van der Waals surface area contributed by atoms with Gasteiger partial charge in [-0.2, -0.15) is 13.5 Å². The fourth-order valence-corrected chi connectivity index (χ4v) is 0. The van der Waals surface area contributed by atoms with Crippen LogP contribution in [0.1, 0.15) is 0 Å². The van der Waals surface area contributed by atoms with Gasteiger partial charge in [0.25, 0.3) is 0 Å². The molecule has 5 nitrogen and oxygen atoms in total. The molecule has 0 aliphatic rings. The van der Waals surface area contributed by atoms with E-state index in [1.165, 1.54) is 0 Å². The Kier molecular flexibility index (Phi) is 26.1. The first-order chi connectivity index (χ1) is 1.73. The van der Waals surface area contributed by atoms with Crippen LogP contribution in [0.15, 0.2) is 0 Å². The van der Waals surface area contributed by atoms with Gasteiger partial charge in [0.2, 0.25) is 0 Å². The molecule has 0 unspecified atom stereocenters. The van der Waals surface area contributed by atoms with E-state index in [0.717, 1.165) is 0 Å². The predicted octanol–water partition coefficient (Wildman–Crippen LogP) is 0.250. The van der Waals surface area contributed by atoms with Crippen LogP contribution in [0.2, 0.25) is 0 Å². The van der Waals surface area contributed by atoms with Crippen molar-refractivity contribution in [2.75, 3.05) is 0 Å². The van der Waals surface area contributed by atoms with E-state index in [1.54, 1.807) is 0 Å². The first-order valence-corrected chi connectivity index (χ1v) is 0.548. The molecule has 6 heavy (non-hydrogen) atoms. The van der Waals surface area contributed by atoms with Gasteiger partial charge in [-0.3, -0.25) is 0 Å². The van der Waals surface area contributed by atoms with Crippen LogP contribution in [-0.2, 0) is 0 Å². The van der Waals surface area contributed by atoms with E-state index in [4.69, 9.17) is 15.3 Å². The fraction of sp³-hybridized carbons (Fsp3) is 0. The largest absolute Gasteiger partial charge is 0.369 e. The molecular weight excluding hydrogens is 108 g/mol. The molecule has 0 aliphatic carbocycles. The highest BCUT2D eigenvalue weighted by atomic mass is 32.1. The molecule has 0 rings (SSSR count). The molecule has 0 aromatic carbocycles. The second kappa shape index (κ2) is 8.82. The second-order valence-electron chi connectivity index (χ2n) is 0.224. The van der Waals surface area contributed by atoms with E-state index >= 15 is 0 Å². The number of quaternary nitrogens is 1. The van der Waals surface area contributed by atoms with Gasteiger partial charge in [0.15, 0.2) is 0 Å². The quantitative estimate of drug-likeness (QED) is 0.360. The van der Waals surface area contributed by atoms with Crippen LogP contribution in [0.4, 0.5) is 0 Å². The van der Waals surface area contributed by atoms with Gasteiger partial charge in [-0.25, -0.2) is 0 Å². The maximum Gasteiger partial charge on any atom is 0.0689 e. The molecule has 0 aromatic heterocycles. The summed E-state index contributed by atoms with van der Waals surface area (Å²) < 4.78 is 0. The van der Waals surface area contributed by atoms with Crippen LogP contribution in [0.5, 0.6) is 0 Å². The average molecular weight is 114 g/mol. The van der Waals surface area contributed by atoms with Gasteiger partial charge in [-0.15, -0.1) is 0 Å². The number of nitrogens with zero attached hydrogens (tertiary/aromatic N) is 1. The van der Waals surface area contributed by atoms with E-state index in [0.29, 0.717) is 0 Å². The Hall–Kier alpha value is -0.490. The Morgan fingerprint density at radius 2 is 1.33 bits per heavy atom. The summed E-state index contributed by atoms with van der Waals surface area (Å²) in [5, 5.41) is 14.8. The molecule has 0 radical (unpaired) electrons. The number of rotatable bonds is 0. The first-order valence-electron chi connectivity index (χ1n) is 0.548. The molecule has 0 aliphatic heterocycles. The smallest absolute Gasteiger partial charge is 0.0689 e. The first kappa shape index (κ1) is 17.8. The molecule has 0 atom stereocenters. The van der Waals surface area contributed by atoms with Gasteiger partial charge < -0.3 is 21.5 Å². The Bertz CT molecular complexity index is 31.8. The third-order valence-electron chi connectivity index (χ3n) is 0. The molecule has 4 N–H and O–H groups in total. The Morgan fingerprint density at radius 1 is 1.33 bits per heavy atom. The van der Waals surface area contributed by atoms with Gasteiger partial charge in [-0.05, 0) is 0 Å². The van der Waals surface area contributed by atoms with Crippen LogP contribution in [0.25, 0.3) is 0 Å². The highest BCUT2D eigenvalue weighted by molar-refractivity contribution is 7.59.